The van der Waals surface area contributed by atoms with E-state index in [2.05, 4.69) is 42.2 Å². The smallest absolute Gasteiger partial charge is 0.134 e. The lowest BCUT2D eigenvalue weighted by Gasteiger charge is -2.00. The maximum Gasteiger partial charge on any atom is 0.134 e. The van der Waals surface area contributed by atoms with E-state index in [-0.39, 0.29) is 0 Å². The van der Waals surface area contributed by atoms with Crippen LogP contribution in [0.5, 0.6) is 0 Å². The van der Waals surface area contributed by atoms with E-state index in [0.29, 0.717) is 5.57 Å². The zero-order valence-electron chi connectivity index (χ0n) is 13.8. The molecule has 0 atom stereocenters. The molecule has 2 aromatic carbocycles. The average molecular weight is 330 g/mol. The Balaban J connectivity index is 1.93. The summed E-state index contributed by atoms with van der Waals surface area (Å²) in [5.74, 6) is 0. The minimum Gasteiger partial charge on any atom is -0.235 e. The molecule has 3 heteroatoms. The number of rotatable bonds is 4. The molecule has 0 unspecified atom stereocenters. The predicted molar refractivity (Wildman–Crippen MR) is 102 cm³/mol. The predicted octanol–water partition coefficient (Wildman–Crippen LogP) is 5.75. The van der Waals surface area contributed by atoms with Gasteiger partial charge in [0, 0.05) is 10.9 Å². The highest BCUT2D eigenvalue weighted by atomic mass is 32.1. The third-order valence-electron chi connectivity index (χ3n) is 4.00. The van der Waals surface area contributed by atoms with Crippen molar-refractivity contribution in [2.24, 2.45) is 0 Å². The molecule has 1 heterocycles. The molecule has 118 valence electrons. The van der Waals surface area contributed by atoms with Crippen LogP contribution in [0.4, 0.5) is 0 Å². The molecule has 0 aliphatic carbocycles. The van der Waals surface area contributed by atoms with Crippen LogP contribution in [0.3, 0.4) is 0 Å². The summed E-state index contributed by atoms with van der Waals surface area (Å²) in [5, 5.41) is 12.3. The molecule has 0 saturated carbocycles. The molecule has 0 saturated heterocycles. The third-order valence-corrected chi connectivity index (χ3v) is 4.88. The number of nitrogens with zero attached hydrogens (tertiary/aromatic N) is 2. The molecule has 2 nitrogen and oxygen atoms in total. The van der Waals surface area contributed by atoms with Crippen molar-refractivity contribution in [2.45, 2.75) is 20.3 Å². The van der Waals surface area contributed by atoms with Crippen LogP contribution in [0.15, 0.2) is 53.9 Å². The molecule has 0 fully saturated rings. The number of allylic oxidation sites excluding steroid dienone is 1. The summed E-state index contributed by atoms with van der Waals surface area (Å²) < 4.78 is 0. The van der Waals surface area contributed by atoms with Crippen LogP contribution >= 0.6 is 11.3 Å². The molecular weight excluding hydrogens is 312 g/mol. The van der Waals surface area contributed by atoms with Crippen LogP contribution in [0, 0.1) is 18.3 Å². The van der Waals surface area contributed by atoms with Gasteiger partial charge in [0.1, 0.15) is 11.1 Å². The van der Waals surface area contributed by atoms with Crippen molar-refractivity contribution in [1.82, 2.24) is 4.98 Å². The monoisotopic (exact) mass is 330 g/mol. The molecule has 0 aliphatic heterocycles. The van der Waals surface area contributed by atoms with Gasteiger partial charge in [0.2, 0.25) is 0 Å². The fraction of sp³-hybridized carbons (Fsp3) is 0.143. The van der Waals surface area contributed by atoms with Gasteiger partial charge in [-0.1, -0.05) is 55.5 Å². The summed E-state index contributed by atoms with van der Waals surface area (Å²) in [6.07, 6.45) is 2.94. The van der Waals surface area contributed by atoms with Gasteiger partial charge in [-0.15, -0.1) is 11.3 Å². The van der Waals surface area contributed by atoms with E-state index in [1.807, 2.05) is 42.6 Å². The van der Waals surface area contributed by atoms with Gasteiger partial charge in [0.15, 0.2) is 0 Å². The van der Waals surface area contributed by atoms with Gasteiger partial charge in [-0.05, 0) is 36.1 Å². The minimum atomic E-state index is 0.603. The van der Waals surface area contributed by atoms with Crippen LogP contribution in [0.1, 0.15) is 28.6 Å². The van der Waals surface area contributed by atoms with Crippen LogP contribution in [0.25, 0.3) is 22.9 Å². The van der Waals surface area contributed by atoms with Gasteiger partial charge in [0.05, 0.1) is 11.3 Å². The molecule has 0 N–H and O–H groups in total. The number of nitriles is 1. The molecule has 0 radical (unpaired) electrons. The van der Waals surface area contributed by atoms with Crippen LogP contribution < -0.4 is 0 Å². The molecule has 0 aliphatic rings. The average Bonchev–Trinajstić information content (AvgIpc) is 3.11. The van der Waals surface area contributed by atoms with E-state index in [1.54, 1.807) is 0 Å². The Morgan fingerprint density at radius 3 is 2.58 bits per heavy atom. The summed E-state index contributed by atoms with van der Waals surface area (Å²) in [7, 11) is 0. The number of benzene rings is 2. The minimum absolute atomic E-state index is 0.603. The first-order valence-electron chi connectivity index (χ1n) is 7.94. The largest absolute Gasteiger partial charge is 0.235 e. The lowest BCUT2D eigenvalue weighted by molar-refractivity contribution is 1.14. The lowest BCUT2D eigenvalue weighted by Crippen LogP contribution is -1.85. The molecule has 24 heavy (non-hydrogen) atoms. The number of aryl methyl sites for hydroxylation is 2. The lowest BCUT2D eigenvalue weighted by atomic mass is 10.1. The molecular formula is C21H18N2S. The highest BCUT2D eigenvalue weighted by molar-refractivity contribution is 7.11. The highest BCUT2D eigenvalue weighted by Crippen LogP contribution is 2.28. The Morgan fingerprint density at radius 2 is 1.92 bits per heavy atom. The number of thiazole rings is 1. The van der Waals surface area contributed by atoms with Crippen molar-refractivity contribution in [3.63, 3.8) is 0 Å². The molecule has 3 aromatic rings. The van der Waals surface area contributed by atoms with Crippen molar-refractivity contribution in [1.29, 1.82) is 5.26 Å². The zero-order chi connectivity index (χ0) is 16.9. The Kier molecular flexibility index (Phi) is 4.88. The summed E-state index contributed by atoms with van der Waals surface area (Å²) in [6.45, 7) is 4.19. The van der Waals surface area contributed by atoms with Crippen molar-refractivity contribution < 1.29 is 0 Å². The number of hydrogen-bond acceptors (Lipinski definition) is 3. The van der Waals surface area contributed by atoms with Crippen LogP contribution in [0.2, 0.25) is 0 Å². The van der Waals surface area contributed by atoms with Crippen molar-refractivity contribution in [2.75, 3.05) is 0 Å². The summed E-state index contributed by atoms with van der Waals surface area (Å²) in [5.41, 5.74) is 6.12. The number of aromatic nitrogens is 1. The van der Waals surface area contributed by atoms with E-state index in [1.165, 1.54) is 16.9 Å². The van der Waals surface area contributed by atoms with Gasteiger partial charge in [0.25, 0.3) is 0 Å². The molecule has 3 rings (SSSR count). The van der Waals surface area contributed by atoms with E-state index >= 15 is 0 Å². The normalized spacial score (nSPS) is 11.3. The van der Waals surface area contributed by atoms with E-state index < -0.39 is 0 Å². The zero-order valence-corrected chi connectivity index (χ0v) is 14.6. The second-order valence-electron chi connectivity index (χ2n) is 5.61. The van der Waals surface area contributed by atoms with Crippen LogP contribution in [-0.2, 0) is 6.42 Å². The standard InChI is InChI=1S/C21H18N2S/c1-3-16-8-10-17(11-9-16)20-14-24-21(23-20)19(13-22)12-18-7-5-4-6-15(18)2/h4-12,14H,3H2,1-2H3/b19-12-. The SMILES string of the molecule is CCc1ccc(-c2csc(/C(C#N)=C\c3ccccc3C)n2)cc1. The van der Waals surface area contributed by atoms with Crippen LogP contribution in [-0.4, -0.2) is 4.98 Å². The van der Waals surface area contributed by atoms with Gasteiger partial charge < -0.3 is 0 Å². The topological polar surface area (TPSA) is 36.7 Å². The summed E-state index contributed by atoms with van der Waals surface area (Å²) in [6, 6.07) is 18.8. The first-order valence-corrected chi connectivity index (χ1v) is 8.82. The van der Waals surface area contributed by atoms with Crippen molar-refractivity contribution in [3.8, 4) is 17.3 Å². The second-order valence-corrected chi connectivity index (χ2v) is 6.47. The molecule has 0 bridgehead atoms. The fourth-order valence-corrected chi connectivity index (χ4v) is 3.28. The van der Waals surface area contributed by atoms with Gasteiger partial charge in [-0.3, -0.25) is 0 Å². The van der Waals surface area contributed by atoms with Gasteiger partial charge in [-0.2, -0.15) is 5.26 Å². The van der Waals surface area contributed by atoms with E-state index in [0.717, 1.165) is 33.8 Å². The Labute approximate surface area is 146 Å². The fourth-order valence-electron chi connectivity index (χ4n) is 2.49. The van der Waals surface area contributed by atoms with E-state index in [4.69, 9.17) is 0 Å². The van der Waals surface area contributed by atoms with Crippen molar-refractivity contribution >= 4 is 23.0 Å². The summed E-state index contributed by atoms with van der Waals surface area (Å²) >= 11 is 1.51. The Bertz CT molecular complexity index is 912. The van der Waals surface area contributed by atoms with Gasteiger partial charge in [-0.25, -0.2) is 4.98 Å². The Morgan fingerprint density at radius 1 is 1.17 bits per heavy atom. The summed E-state index contributed by atoms with van der Waals surface area (Å²) in [4.78, 5) is 4.66. The third kappa shape index (κ3) is 3.45. The first kappa shape index (κ1) is 16.2. The molecule has 0 spiro atoms. The maximum absolute atomic E-state index is 9.53. The maximum atomic E-state index is 9.53. The molecule has 0 amide bonds. The molecule has 1 aromatic heterocycles. The van der Waals surface area contributed by atoms with Gasteiger partial charge >= 0.3 is 0 Å². The second kappa shape index (κ2) is 7.25. The number of hydrogen-bond donors (Lipinski definition) is 0. The highest BCUT2D eigenvalue weighted by Gasteiger charge is 2.09. The first-order chi connectivity index (χ1) is 11.7. The quantitative estimate of drug-likeness (QED) is 0.571. The van der Waals surface area contributed by atoms with E-state index in [9.17, 15) is 5.26 Å². The van der Waals surface area contributed by atoms with Crippen molar-refractivity contribution in [3.05, 3.63) is 75.6 Å². The Hall–Kier alpha value is -2.70.